The van der Waals surface area contributed by atoms with Crippen LogP contribution in [-0.4, -0.2) is 9.85 Å². The van der Waals surface area contributed by atoms with E-state index in [-0.39, 0.29) is 11.3 Å². The Kier molecular flexibility index (Phi) is 2.21. The van der Waals surface area contributed by atoms with Crippen molar-refractivity contribution in [2.24, 2.45) is 0 Å². The average Bonchev–Trinajstić information content (AvgIpc) is 3.15. The molecule has 0 spiro atoms. The number of nitro benzene ring substituents is 2. The fourth-order valence-corrected chi connectivity index (χ4v) is 1.97. The molecule has 0 saturated heterocycles. The third-order valence-corrected chi connectivity index (χ3v) is 2.81. The van der Waals surface area contributed by atoms with Crippen LogP contribution in [0.4, 0.5) is 11.4 Å². The van der Waals surface area contributed by atoms with E-state index in [1.54, 1.807) is 30.3 Å². The molecular weight excluding hydrogens is 252 g/mol. The molecule has 19 heavy (non-hydrogen) atoms. The Labute approximate surface area is 106 Å². The Bertz CT molecular complexity index is 712. The molecule has 1 aliphatic heterocycles. The van der Waals surface area contributed by atoms with Crippen molar-refractivity contribution in [2.75, 3.05) is 0 Å². The highest BCUT2D eigenvalue weighted by Crippen LogP contribution is 2.59. The lowest BCUT2D eigenvalue weighted by atomic mass is 10.0. The van der Waals surface area contributed by atoms with Crippen molar-refractivity contribution in [3.63, 3.8) is 0 Å². The lowest BCUT2D eigenvalue weighted by molar-refractivity contribution is -0.421. The molecule has 0 fully saturated rings. The van der Waals surface area contributed by atoms with Crippen LogP contribution in [-0.2, 0) is 0 Å². The summed E-state index contributed by atoms with van der Waals surface area (Å²) >= 11 is 0. The number of benzene rings is 2. The summed E-state index contributed by atoms with van der Waals surface area (Å²) in [5, 5.41) is 22.1. The minimum atomic E-state index is -0.781. The third-order valence-electron chi connectivity index (χ3n) is 2.81. The largest absolute Gasteiger partial charge is 0.442 e. The summed E-state index contributed by atoms with van der Waals surface area (Å²) in [5.41, 5.74) is -0.391. The summed E-state index contributed by atoms with van der Waals surface area (Å²) in [6.45, 7) is 0. The Morgan fingerprint density at radius 1 is 0.947 bits per heavy atom. The zero-order valence-electron chi connectivity index (χ0n) is 9.40. The number of hydrogen-bond donors (Lipinski definition) is 0. The van der Waals surface area contributed by atoms with E-state index in [0.29, 0.717) is 11.3 Å². The fraction of sp³-hybridized carbons (Fsp3) is 0. The second kappa shape index (κ2) is 3.77. The van der Waals surface area contributed by atoms with Crippen molar-refractivity contribution in [3.8, 4) is 22.6 Å². The van der Waals surface area contributed by atoms with Gasteiger partial charge in [0.25, 0.3) is 5.75 Å². The maximum atomic E-state index is 11.1. The summed E-state index contributed by atoms with van der Waals surface area (Å²) in [5.74, 6) is 0.299. The molecule has 7 heteroatoms. The maximum Gasteiger partial charge on any atom is 0.392 e. The Hall–Kier alpha value is -2.96. The van der Waals surface area contributed by atoms with Crippen LogP contribution in [0.3, 0.4) is 0 Å². The quantitative estimate of drug-likeness (QED) is 0.407. The van der Waals surface area contributed by atoms with Gasteiger partial charge in [0.15, 0.2) is 5.75 Å². The van der Waals surface area contributed by atoms with Crippen LogP contribution in [0.1, 0.15) is 0 Å². The maximum absolute atomic E-state index is 11.1. The number of ether oxygens (including phenoxy) is 1. The molecule has 3 rings (SSSR count). The van der Waals surface area contributed by atoms with Gasteiger partial charge in [-0.2, -0.15) is 0 Å². The topological polar surface area (TPSA) is 98.8 Å². The molecule has 7 nitrogen and oxygen atoms in total. The number of fused-ring (bicyclic) bond motifs is 1. The predicted molar refractivity (Wildman–Crippen MR) is 65.3 cm³/mol. The van der Waals surface area contributed by atoms with Gasteiger partial charge in [0.2, 0.25) is 0 Å². The SMILES string of the molecule is O=[N+]([O-])c1c(-c2ccccc2)cc2c(c1[N+](=O)[O-])O2. The molecule has 0 aromatic heterocycles. The van der Waals surface area contributed by atoms with E-state index in [1.807, 2.05) is 0 Å². The molecule has 0 radical (unpaired) electrons. The van der Waals surface area contributed by atoms with E-state index in [4.69, 9.17) is 4.74 Å². The molecule has 0 amide bonds. The van der Waals surface area contributed by atoms with E-state index in [0.717, 1.165) is 0 Å². The van der Waals surface area contributed by atoms with Gasteiger partial charge in [-0.3, -0.25) is 20.2 Å². The van der Waals surface area contributed by atoms with Gasteiger partial charge in [-0.25, -0.2) is 0 Å². The molecule has 2 aromatic carbocycles. The van der Waals surface area contributed by atoms with Gasteiger partial charge < -0.3 is 4.74 Å². The number of hydrogen-bond acceptors (Lipinski definition) is 5. The van der Waals surface area contributed by atoms with Crippen LogP contribution in [0.2, 0.25) is 0 Å². The van der Waals surface area contributed by atoms with Gasteiger partial charge in [-0.1, -0.05) is 30.3 Å². The standard InChI is InChI=1S/C12H6N2O5/c15-13(16)10-8(7-4-2-1-3-5-7)6-9-12(19-9)11(10)14(17)18/h1-6H. The minimum Gasteiger partial charge on any atom is -0.442 e. The molecule has 0 unspecified atom stereocenters. The first kappa shape index (κ1) is 11.1. The Morgan fingerprint density at radius 2 is 1.58 bits per heavy atom. The van der Waals surface area contributed by atoms with Gasteiger partial charge in [0.1, 0.15) is 0 Å². The molecule has 94 valence electrons. The molecule has 0 aliphatic carbocycles. The van der Waals surface area contributed by atoms with E-state index in [2.05, 4.69) is 0 Å². The molecule has 2 aromatic rings. The highest BCUT2D eigenvalue weighted by atomic mass is 16.6. The Balaban J connectivity index is 2.32. The van der Waals surface area contributed by atoms with Crippen LogP contribution in [0.25, 0.3) is 11.1 Å². The predicted octanol–water partition coefficient (Wildman–Crippen LogP) is 3.28. The first-order valence-electron chi connectivity index (χ1n) is 5.32. The summed E-state index contributed by atoms with van der Waals surface area (Å²) in [4.78, 5) is 20.6. The van der Waals surface area contributed by atoms with E-state index in [1.165, 1.54) is 6.07 Å². The average molecular weight is 258 g/mol. The molecule has 1 heterocycles. The molecule has 0 N–H and O–H groups in total. The molecule has 0 atom stereocenters. The van der Waals surface area contributed by atoms with Gasteiger partial charge in [0.05, 0.1) is 15.4 Å². The first-order chi connectivity index (χ1) is 9.09. The number of rotatable bonds is 3. The van der Waals surface area contributed by atoms with Crippen molar-refractivity contribution >= 4 is 11.4 Å². The molecule has 0 bridgehead atoms. The lowest BCUT2D eigenvalue weighted by Gasteiger charge is -2.01. The van der Waals surface area contributed by atoms with E-state index >= 15 is 0 Å². The van der Waals surface area contributed by atoms with Crippen LogP contribution in [0.15, 0.2) is 36.4 Å². The Morgan fingerprint density at radius 3 is 2.16 bits per heavy atom. The second-order valence-electron chi connectivity index (χ2n) is 3.93. The number of nitrogens with zero attached hydrogens (tertiary/aromatic N) is 2. The zero-order valence-corrected chi connectivity index (χ0v) is 9.40. The normalized spacial score (nSPS) is 11.4. The van der Waals surface area contributed by atoms with Crippen molar-refractivity contribution in [1.29, 1.82) is 0 Å². The highest BCUT2D eigenvalue weighted by molar-refractivity contribution is 5.88. The summed E-state index contributed by atoms with van der Waals surface area (Å²) in [6, 6.07) is 9.93. The second-order valence-corrected chi connectivity index (χ2v) is 3.93. The van der Waals surface area contributed by atoms with Crippen molar-refractivity contribution in [1.82, 2.24) is 0 Å². The summed E-state index contributed by atoms with van der Waals surface area (Å²) < 4.78 is 4.94. The minimum absolute atomic E-state index is 0.0172. The lowest BCUT2D eigenvalue weighted by Crippen LogP contribution is -1.97. The van der Waals surface area contributed by atoms with Gasteiger partial charge in [-0.15, -0.1) is 0 Å². The fourth-order valence-electron chi connectivity index (χ4n) is 1.97. The summed E-state index contributed by atoms with van der Waals surface area (Å²) in [6.07, 6.45) is 0. The van der Waals surface area contributed by atoms with Crippen molar-refractivity contribution in [2.45, 2.75) is 0 Å². The van der Waals surface area contributed by atoms with Crippen molar-refractivity contribution < 1.29 is 14.6 Å². The van der Waals surface area contributed by atoms with E-state index < -0.39 is 21.2 Å². The monoisotopic (exact) mass is 258 g/mol. The number of nitro groups is 2. The van der Waals surface area contributed by atoms with E-state index in [9.17, 15) is 20.2 Å². The molecular formula is C12H6N2O5. The van der Waals surface area contributed by atoms with Crippen LogP contribution in [0, 0.1) is 20.2 Å². The highest BCUT2D eigenvalue weighted by Gasteiger charge is 2.44. The van der Waals surface area contributed by atoms with Crippen molar-refractivity contribution in [3.05, 3.63) is 56.6 Å². The molecule has 1 aliphatic rings. The zero-order chi connectivity index (χ0) is 13.6. The third kappa shape index (κ3) is 1.68. The van der Waals surface area contributed by atoms with Crippen LogP contribution in [0.5, 0.6) is 11.5 Å². The van der Waals surface area contributed by atoms with Crippen LogP contribution < -0.4 is 4.74 Å². The van der Waals surface area contributed by atoms with Crippen LogP contribution >= 0.6 is 0 Å². The van der Waals surface area contributed by atoms with Gasteiger partial charge >= 0.3 is 11.4 Å². The summed E-state index contributed by atoms with van der Waals surface area (Å²) in [7, 11) is 0. The molecule has 0 saturated carbocycles. The van der Waals surface area contributed by atoms with Gasteiger partial charge in [0, 0.05) is 0 Å². The first-order valence-corrected chi connectivity index (χ1v) is 5.32. The van der Waals surface area contributed by atoms with Gasteiger partial charge in [-0.05, 0) is 11.6 Å². The smallest absolute Gasteiger partial charge is 0.392 e.